The van der Waals surface area contributed by atoms with Gasteiger partial charge in [0, 0.05) is 7.11 Å². The van der Waals surface area contributed by atoms with Crippen LogP contribution in [0.15, 0.2) is 0 Å². The average molecular weight is 276 g/mol. The number of ether oxygens (including phenoxy) is 4. The van der Waals surface area contributed by atoms with Crippen molar-refractivity contribution >= 4 is 0 Å². The summed E-state index contributed by atoms with van der Waals surface area (Å²) in [6.07, 6.45) is 0.568. The lowest BCUT2D eigenvalue weighted by atomic mass is 9.92. The van der Waals surface area contributed by atoms with Crippen molar-refractivity contribution in [3.8, 4) is 0 Å². The third-order valence-corrected chi connectivity index (χ3v) is 2.62. The maximum Gasteiger partial charge on any atom is 0.0638 e. The topological polar surface area (TPSA) is 36.9 Å². The van der Waals surface area contributed by atoms with E-state index in [9.17, 15) is 0 Å². The van der Waals surface area contributed by atoms with Crippen LogP contribution in [0, 0.1) is 5.41 Å². The molecular weight excluding hydrogens is 244 g/mol. The van der Waals surface area contributed by atoms with Gasteiger partial charge in [-0.05, 0) is 41.5 Å². The summed E-state index contributed by atoms with van der Waals surface area (Å²) in [6.45, 7) is 14.5. The molecule has 0 radical (unpaired) electrons. The van der Waals surface area contributed by atoms with Crippen molar-refractivity contribution in [2.24, 2.45) is 5.41 Å². The third-order valence-electron chi connectivity index (χ3n) is 2.62. The molecule has 0 N–H and O–H groups in total. The summed E-state index contributed by atoms with van der Waals surface area (Å²) in [5.74, 6) is 0. The van der Waals surface area contributed by atoms with Gasteiger partial charge in [-0.3, -0.25) is 0 Å². The van der Waals surface area contributed by atoms with Crippen molar-refractivity contribution in [3.63, 3.8) is 0 Å². The first-order valence-electron chi connectivity index (χ1n) is 7.15. The second kappa shape index (κ2) is 9.70. The highest BCUT2D eigenvalue weighted by molar-refractivity contribution is 4.80. The van der Waals surface area contributed by atoms with Crippen molar-refractivity contribution in [1.82, 2.24) is 0 Å². The van der Waals surface area contributed by atoms with E-state index in [1.54, 1.807) is 7.11 Å². The summed E-state index contributed by atoms with van der Waals surface area (Å²) < 4.78 is 22.7. The monoisotopic (exact) mass is 276 g/mol. The molecule has 0 rings (SSSR count). The van der Waals surface area contributed by atoms with Gasteiger partial charge in [0.05, 0.1) is 50.2 Å². The van der Waals surface area contributed by atoms with Gasteiger partial charge in [0.15, 0.2) is 0 Å². The quantitative estimate of drug-likeness (QED) is 0.581. The Bertz CT molecular complexity index is 183. The normalized spacial score (nSPS) is 12.9. The van der Waals surface area contributed by atoms with Crippen molar-refractivity contribution < 1.29 is 18.9 Å². The molecule has 0 heterocycles. The minimum Gasteiger partial charge on any atom is -0.384 e. The van der Waals surface area contributed by atoms with E-state index in [1.165, 1.54) is 0 Å². The zero-order valence-corrected chi connectivity index (χ0v) is 13.7. The largest absolute Gasteiger partial charge is 0.384 e. The summed E-state index contributed by atoms with van der Waals surface area (Å²) in [5.41, 5.74) is -0.243. The Morgan fingerprint density at radius 1 is 0.632 bits per heavy atom. The Labute approximate surface area is 118 Å². The standard InChI is InChI=1S/C15H32O4/c1-12(2)17-9-15(8-16-7,10-18-13(3)4)11-19-14(5)6/h12-14H,8-11H2,1-7H3. The molecule has 4 heteroatoms. The lowest BCUT2D eigenvalue weighted by Gasteiger charge is -2.34. The van der Waals surface area contributed by atoms with Crippen LogP contribution in [-0.4, -0.2) is 51.8 Å². The van der Waals surface area contributed by atoms with Gasteiger partial charge in [-0.25, -0.2) is 0 Å². The third kappa shape index (κ3) is 9.38. The Balaban J connectivity index is 4.65. The molecule has 0 saturated carbocycles. The van der Waals surface area contributed by atoms with Gasteiger partial charge in [0.25, 0.3) is 0 Å². The molecule has 0 aliphatic heterocycles. The summed E-state index contributed by atoms with van der Waals surface area (Å²) >= 11 is 0. The van der Waals surface area contributed by atoms with E-state index in [2.05, 4.69) is 0 Å². The van der Waals surface area contributed by atoms with Gasteiger partial charge in [0.2, 0.25) is 0 Å². The maximum atomic E-state index is 5.78. The first-order chi connectivity index (χ1) is 8.81. The van der Waals surface area contributed by atoms with E-state index in [0.29, 0.717) is 26.4 Å². The van der Waals surface area contributed by atoms with E-state index in [-0.39, 0.29) is 23.7 Å². The summed E-state index contributed by atoms with van der Waals surface area (Å²) in [7, 11) is 1.70. The fourth-order valence-corrected chi connectivity index (χ4v) is 1.59. The second-order valence-corrected chi connectivity index (χ2v) is 6.01. The molecular formula is C15H32O4. The smallest absolute Gasteiger partial charge is 0.0638 e. The molecule has 0 fully saturated rings. The highest BCUT2D eigenvalue weighted by Gasteiger charge is 2.33. The zero-order chi connectivity index (χ0) is 14.9. The number of rotatable bonds is 11. The van der Waals surface area contributed by atoms with Crippen LogP contribution in [0.2, 0.25) is 0 Å². The van der Waals surface area contributed by atoms with E-state index < -0.39 is 0 Å². The maximum absolute atomic E-state index is 5.78. The lowest BCUT2D eigenvalue weighted by molar-refractivity contribution is -0.125. The van der Waals surface area contributed by atoms with Gasteiger partial charge < -0.3 is 18.9 Å². The molecule has 0 aromatic carbocycles. The predicted molar refractivity (Wildman–Crippen MR) is 77.6 cm³/mol. The predicted octanol–water partition coefficient (Wildman–Crippen LogP) is 2.89. The number of hydrogen-bond donors (Lipinski definition) is 0. The SMILES string of the molecule is COCC(COC(C)C)(COC(C)C)COC(C)C. The molecule has 0 atom stereocenters. The molecule has 0 aliphatic rings. The van der Waals surface area contributed by atoms with Crippen molar-refractivity contribution in [3.05, 3.63) is 0 Å². The molecule has 0 unspecified atom stereocenters. The summed E-state index contributed by atoms with van der Waals surface area (Å²) in [4.78, 5) is 0. The van der Waals surface area contributed by atoms with E-state index in [0.717, 1.165) is 0 Å². The first kappa shape index (κ1) is 18.8. The van der Waals surface area contributed by atoms with Crippen molar-refractivity contribution in [1.29, 1.82) is 0 Å². The highest BCUT2D eigenvalue weighted by atomic mass is 16.5. The molecule has 0 amide bonds. The minimum atomic E-state index is -0.243. The van der Waals surface area contributed by atoms with E-state index in [1.807, 2.05) is 41.5 Å². The fraction of sp³-hybridized carbons (Fsp3) is 1.00. The van der Waals surface area contributed by atoms with Crippen LogP contribution in [-0.2, 0) is 18.9 Å². The molecule has 0 aliphatic carbocycles. The van der Waals surface area contributed by atoms with Gasteiger partial charge >= 0.3 is 0 Å². The zero-order valence-electron chi connectivity index (χ0n) is 13.7. The van der Waals surface area contributed by atoms with Crippen LogP contribution < -0.4 is 0 Å². The van der Waals surface area contributed by atoms with Crippen molar-refractivity contribution in [2.75, 3.05) is 33.5 Å². The Kier molecular flexibility index (Phi) is 9.62. The Morgan fingerprint density at radius 3 is 1.16 bits per heavy atom. The summed E-state index contributed by atoms with van der Waals surface area (Å²) in [6, 6.07) is 0. The van der Waals surface area contributed by atoms with E-state index >= 15 is 0 Å². The molecule has 0 bridgehead atoms. The van der Waals surface area contributed by atoms with E-state index in [4.69, 9.17) is 18.9 Å². The summed E-state index contributed by atoms with van der Waals surface area (Å²) in [5, 5.41) is 0. The lowest BCUT2D eigenvalue weighted by Crippen LogP contribution is -2.43. The molecule has 116 valence electrons. The van der Waals surface area contributed by atoms with Crippen LogP contribution in [0.3, 0.4) is 0 Å². The van der Waals surface area contributed by atoms with Gasteiger partial charge in [-0.15, -0.1) is 0 Å². The number of hydrogen-bond acceptors (Lipinski definition) is 4. The average Bonchev–Trinajstić information content (AvgIpc) is 2.31. The molecule has 0 spiro atoms. The number of methoxy groups -OCH3 is 1. The van der Waals surface area contributed by atoms with Crippen LogP contribution in [0.25, 0.3) is 0 Å². The fourth-order valence-electron chi connectivity index (χ4n) is 1.59. The first-order valence-corrected chi connectivity index (χ1v) is 7.15. The molecule has 19 heavy (non-hydrogen) atoms. The molecule has 0 aromatic heterocycles. The van der Waals surface area contributed by atoms with Gasteiger partial charge in [0.1, 0.15) is 0 Å². The second-order valence-electron chi connectivity index (χ2n) is 6.01. The molecule has 0 saturated heterocycles. The van der Waals surface area contributed by atoms with Crippen LogP contribution >= 0.6 is 0 Å². The Hall–Kier alpha value is -0.160. The van der Waals surface area contributed by atoms with Gasteiger partial charge in [-0.1, -0.05) is 0 Å². The van der Waals surface area contributed by atoms with Gasteiger partial charge in [-0.2, -0.15) is 0 Å². The Morgan fingerprint density at radius 2 is 0.947 bits per heavy atom. The van der Waals surface area contributed by atoms with Crippen LogP contribution in [0.5, 0.6) is 0 Å². The molecule has 0 aromatic rings. The van der Waals surface area contributed by atoms with Crippen molar-refractivity contribution in [2.45, 2.75) is 59.9 Å². The van der Waals surface area contributed by atoms with Crippen LogP contribution in [0.1, 0.15) is 41.5 Å². The molecule has 4 nitrogen and oxygen atoms in total. The minimum absolute atomic E-state index is 0.189. The highest BCUT2D eigenvalue weighted by Crippen LogP contribution is 2.22. The van der Waals surface area contributed by atoms with Crippen LogP contribution in [0.4, 0.5) is 0 Å².